The largest absolute Gasteiger partial charge is 0.310 e. The standard InChI is InChI=1S/C19H15FN4OS/c20-14-6-11(15-2-1-5-21-15)3-4-13(14)16-9-24-17-8-22-12(10-25)7-18(17)26-19(24)23-16/h3-4,6-10,15,21H,1-2,5H2. The van der Waals surface area contributed by atoms with Gasteiger partial charge in [-0.3, -0.25) is 14.2 Å². The molecule has 7 heteroatoms. The van der Waals surface area contributed by atoms with Crippen molar-refractivity contribution in [2.45, 2.75) is 18.9 Å². The second-order valence-corrected chi connectivity index (χ2v) is 7.47. The number of nitrogens with zero attached hydrogens (tertiary/aromatic N) is 3. The third-order valence-electron chi connectivity index (χ3n) is 4.85. The molecule has 1 unspecified atom stereocenters. The lowest BCUT2D eigenvalue weighted by Gasteiger charge is -2.11. The molecule has 0 bridgehead atoms. The molecule has 1 saturated heterocycles. The molecular formula is C19H15FN4OS. The minimum atomic E-state index is -0.257. The zero-order chi connectivity index (χ0) is 17.7. The van der Waals surface area contributed by atoms with E-state index in [4.69, 9.17) is 0 Å². The number of pyridine rings is 1. The van der Waals surface area contributed by atoms with E-state index in [0.717, 1.165) is 46.4 Å². The average Bonchev–Trinajstić information content (AvgIpc) is 3.37. The van der Waals surface area contributed by atoms with Crippen molar-refractivity contribution in [3.63, 3.8) is 0 Å². The van der Waals surface area contributed by atoms with Gasteiger partial charge in [-0.1, -0.05) is 17.4 Å². The molecule has 4 aromatic rings. The summed E-state index contributed by atoms with van der Waals surface area (Å²) in [5.41, 5.74) is 3.33. The Labute approximate surface area is 152 Å². The Morgan fingerprint density at radius 3 is 3.04 bits per heavy atom. The van der Waals surface area contributed by atoms with Crippen molar-refractivity contribution >= 4 is 32.8 Å². The van der Waals surface area contributed by atoms with Crippen molar-refractivity contribution < 1.29 is 9.18 Å². The van der Waals surface area contributed by atoms with Crippen molar-refractivity contribution in [3.8, 4) is 11.3 Å². The number of halogens is 1. The van der Waals surface area contributed by atoms with E-state index in [1.54, 1.807) is 18.3 Å². The van der Waals surface area contributed by atoms with Gasteiger partial charge < -0.3 is 5.32 Å². The van der Waals surface area contributed by atoms with Crippen molar-refractivity contribution in [2.75, 3.05) is 6.54 Å². The van der Waals surface area contributed by atoms with Crippen molar-refractivity contribution in [2.24, 2.45) is 0 Å². The highest BCUT2D eigenvalue weighted by Crippen LogP contribution is 2.32. The molecule has 1 aromatic carbocycles. The first kappa shape index (κ1) is 15.6. The Balaban J connectivity index is 1.57. The van der Waals surface area contributed by atoms with Gasteiger partial charge in [-0.2, -0.15) is 0 Å². The van der Waals surface area contributed by atoms with E-state index in [2.05, 4.69) is 15.3 Å². The van der Waals surface area contributed by atoms with Crippen LogP contribution in [-0.2, 0) is 0 Å². The molecule has 26 heavy (non-hydrogen) atoms. The van der Waals surface area contributed by atoms with Gasteiger partial charge in [0.05, 0.1) is 22.1 Å². The maximum atomic E-state index is 14.7. The molecule has 0 radical (unpaired) electrons. The number of rotatable bonds is 3. The summed E-state index contributed by atoms with van der Waals surface area (Å²) in [7, 11) is 0. The maximum Gasteiger partial charge on any atom is 0.195 e. The molecule has 1 aliphatic heterocycles. The van der Waals surface area contributed by atoms with Crippen molar-refractivity contribution in [3.05, 3.63) is 53.7 Å². The van der Waals surface area contributed by atoms with E-state index in [1.807, 2.05) is 22.7 Å². The minimum Gasteiger partial charge on any atom is -0.310 e. The van der Waals surface area contributed by atoms with Gasteiger partial charge in [0.25, 0.3) is 0 Å². The fraction of sp³-hybridized carbons (Fsp3) is 0.211. The number of carbonyl (C=O) groups is 1. The minimum absolute atomic E-state index is 0.242. The molecule has 1 atom stereocenters. The Kier molecular flexibility index (Phi) is 3.58. The highest BCUT2D eigenvalue weighted by Gasteiger charge is 2.19. The van der Waals surface area contributed by atoms with Gasteiger partial charge in [-0.05, 0) is 43.1 Å². The lowest BCUT2D eigenvalue weighted by atomic mass is 10.0. The molecule has 1 fully saturated rings. The van der Waals surface area contributed by atoms with Gasteiger partial charge in [0.1, 0.15) is 11.5 Å². The summed E-state index contributed by atoms with van der Waals surface area (Å²) < 4.78 is 17.5. The number of aromatic nitrogens is 3. The first-order valence-electron chi connectivity index (χ1n) is 8.49. The summed E-state index contributed by atoms with van der Waals surface area (Å²) in [6, 6.07) is 7.38. The Morgan fingerprint density at radius 2 is 2.27 bits per heavy atom. The zero-order valence-electron chi connectivity index (χ0n) is 13.8. The molecule has 130 valence electrons. The molecule has 4 heterocycles. The van der Waals surface area contributed by atoms with Gasteiger partial charge in [-0.15, -0.1) is 0 Å². The van der Waals surface area contributed by atoms with Crippen molar-refractivity contribution in [1.29, 1.82) is 0 Å². The Morgan fingerprint density at radius 1 is 1.35 bits per heavy atom. The van der Waals surface area contributed by atoms with E-state index >= 15 is 0 Å². The maximum absolute atomic E-state index is 14.7. The number of hydrogen-bond acceptors (Lipinski definition) is 5. The lowest BCUT2D eigenvalue weighted by molar-refractivity contribution is 0.111. The van der Waals surface area contributed by atoms with Crippen LogP contribution in [0.15, 0.2) is 36.7 Å². The summed E-state index contributed by atoms with van der Waals surface area (Å²) in [5, 5.41) is 3.39. The molecule has 5 rings (SSSR count). The van der Waals surface area contributed by atoms with E-state index < -0.39 is 0 Å². The van der Waals surface area contributed by atoms with Gasteiger partial charge in [0.2, 0.25) is 0 Å². The second-order valence-electron chi connectivity index (χ2n) is 6.46. The molecule has 3 aromatic heterocycles. The molecule has 0 amide bonds. The number of nitrogens with one attached hydrogen (secondary N) is 1. The normalized spacial score (nSPS) is 17.3. The van der Waals surface area contributed by atoms with Crippen LogP contribution in [0.4, 0.5) is 4.39 Å². The lowest BCUT2D eigenvalue weighted by Crippen LogP contribution is -2.12. The number of benzene rings is 1. The average molecular weight is 366 g/mol. The van der Waals surface area contributed by atoms with E-state index in [1.165, 1.54) is 11.3 Å². The fourth-order valence-corrected chi connectivity index (χ4v) is 4.56. The molecule has 0 saturated carbocycles. The summed E-state index contributed by atoms with van der Waals surface area (Å²) in [6.07, 6.45) is 6.37. The summed E-state index contributed by atoms with van der Waals surface area (Å²) in [6.45, 7) is 0.984. The van der Waals surface area contributed by atoms with Crippen LogP contribution in [0.2, 0.25) is 0 Å². The summed E-state index contributed by atoms with van der Waals surface area (Å²) >= 11 is 1.46. The third kappa shape index (κ3) is 2.43. The van der Waals surface area contributed by atoms with Crippen LogP contribution in [0.5, 0.6) is 0 Å². The van der Waals surface area contributed by atoms with Gasteiger partial charge in [-0.25, -0.2) is 9.37 Å². The number of imidazole rings is 1. The number of hydrogen-bond donors (Lipinski definition) is 1. The second kappa shape index (κ2) is 5.96. The Bertz CT molecular complexity index is 1140. The Hall–Kier alpha value is -2.64. The topological polar surface area (TPSA) is 59.3 Å². The fourth-order valence-electron chi connectivity index (χ4n) is 3.53. The van der Waals surface area contributed by atoms with Gasteiger partial charge in [0.15, 0.2) is 11.2 Å². The highest BCUT2D eigenvalue weighted by atomic mass is 32.1. The van der Waals surface area contributed by atoms with Crippen LogP contribution < -0.4 is 5.32 Å². The smallest absolute Gasteiger partial charge is 0.195 e. The molecule has 0 aliphatic carbocycles. The summed E-state index contributed by atoms with van der Waals surface area (Å²) in [5.74, 6) is -0.257. The monoisotopic (exact) mass is 366 g/mol. The molecule has 1 N–H and O–H groups in total. The number of aldehydes is 1. The number of fused-ring (bicyclic) bond motifs is 3. The zero-order valence-corrected chi connectivity index (χ0v) is 14.6. The van der Waals surface area contributed by atoms with Gasteiger partial charge in [0, 0.05) is 17.8 Å². The SMILES string of the molecule is O=Cc1cc2sc3nc(-c4ccc(C5CCCN5)cc4F)cn3c2cn1. The van der Waals surface area contributed by atoms with E-state index in [9.17, 15) is 9.18 Å². The number of carbonyl (C=O) groups excluding carboxylic acids is 1. The third-order valence-corrected chi connectivity index (χ3v) is 5.87. The van der Waals surface area contributed by atoms with E-state index in [-0.39, 0.29) is 11.9 Å². The molecule has 1 aliphatic rings. The van der Waals surface area contributed by atoms with Gasteiger partial charge >= 0.3 is 0 Å². The molecule has 0 spiro atoms. The first-order valence-corrected chi connectivity index (χ1v) is 9.30. The van der Waals surface area contributed by atoms with Crippen LogP contribution in [0, 0.1) is 5.82 Å². The van der Waals surface area contributed by atoms with Crippen LogP contribution in [0.25, 0.3) is 26.4 Å². The van der Waals surface area contributed by atoms with E-state index in [0.29, 0.717) is 17.0 Å². The molecule has 5 nitrogen and oxygen atoms in total. The predicted molar refractivity (Wildman–Crippen MR) is 99.1 cm³/mol. The quantitative estimate of drug-likeness (QED) is 0.557. The van der Waals surface area contributed by atoms with Crippen LogP contribution in [0.3, 0.4) is 0 Å². The van der Waals surface area contributed by atoms with Crippen molar-refractivity contribution in [1.82, 2.24) is 19.7 Å². The highest BCUT2D eigenvalue weighted by molar-refractivity contribution is 7.23. The van der Waals surface area contributed by atoms with Crippen LogP contribution in [0.1, 0.15) is 34.9 Å². The van der Waals surface area contributed by atoms with Crippen LogP contribution >= 0.6 is 11.3 Å². The summed E-state index contributed by atoms with van der Waals surface area (Å²) in [4.78, 5) is 20.3. The molecular weight excluding hydrogens is 351 g/mol. The first-order chi connectivity index (χ1) is 12.7. The predicted octanol–water partition coefficient (Wildman–Crippen LogP) is 3.99. The van der Waals surface area contributed by atoms with Crippen LogP contribution in [-0.4, -0.2) is 27.2 Å². The number of thiazole rings is 1.